The zero-order valence-corrected chi connectivity index (χ0v) is 15.8. The summed E-state index contributed by atoms with van der Waals surface area (Å²) < 4.78 is 39.0. The maximum atomic E-state index is 13.7. The minimum atomic E-state index is -0.830. The molecule has 3 rings (SSSR count). The number of ether oxygens (including phenoxy) is 1. The number of nitrogens with one attached hydrogen (secondary N) is 1. The zero-order valence-electron chi connectivity index (χ0n) is 15.8. The van der Waals surface area contributed by atoms with Gasteiger partial charge in [0.25, 0.3) is 5.91 Å². The Labute approximate surface area is 160 Å². The van der Waals surface area contributed by atoms with Gasteiger partial charge in [0.2, 0.25) is 0 Å². The average molecular weight is 390 g/mol. The molecular formula is C19H20F2N4O3. The summed E-state index contributed by atoms with van der Waals surface area (Å²) in [6.07, 6.45) is 1.87. The molecule has 148 valence electrons. The van der Waals surface area contributed by atoms with Crippen LogP contribution in [0.4, 0.5) is 8.78 Å². The van der Waals surface area contributed by atoms with Crippen LogP contribution in [0.2, 0.25) is 0 Å². The number of carbonyl (C=O) groups excluding carboxylic acids is 1. The first-order chi connectivity index (χ1) is 13.4. The lowest BCUT2D eigenvalue weighted by molar-refractivity contribution is 0.0939. The summed E-state index contributed by atoms with van der Waals surface area (Å²) in [5.41, 5.74) is 2.16. The first-order valence-electron chi connectivity index (χ1n) is 8.73. The smallest absolute Gasteiger partial charge is 0.274 e. The highest BCUT2D eigenvalue weighted by Crippen LogP contribution is 2.21. The normalized spacial score (nSPS) is 10.9. The molecule has 0 bridgehead atoms. The van der Waals surface area contributed by atoms with Crippen molar-refractivity contribution in [3.05, 3.63) is 64.3 Å². The van der Waals surface area contributed by atoms with Gasteiger partial charge in [-0.2, -0.15) is 5.10 Å². The molecule has 7 nitrogen and oxygen atoms in total. The second kappa shape index (κ2) is 8.20. The van der Waals surface area contributed by atoms with Crippen molar-refractivity contribution < 1.29 is 22.8 Å². The monoisotopic (exact) mass is 390 g/mol. The predicted octanol–water partition coefficient (Wildman–Crippen LogP) is 3.30. The predicted molar refractivity (Wildman–Crippen MR) is 95.7 cm³/mol. The molecule has 0 aliphatic rings. The molecule has 0 aliphatic carbocycles. The lowest BCUT2D eigenvalue weighted by Crippen LogP contribution is -2.24. The van der Waals surface area contributed by atoms with Gasteiger partial charge in [-0.1, -0.05) is 5.16 Å². The molecule has 9 heteroatoms. The van der Waals surface area contributed by atoms with Crippen LogP contribution in [-0.2, 0) is 19.7 Å². The summed E-state index contributed by atoms with van der Waals surface area (Å²) in [4.78, 5) is 12.5. The Hall–Kier alpha value is -3.23. The van der Waals surface area contributed by atoms with Crippen molar-refractivity contribution in [1.82, 2.24) is 20.3 Å². The Kier molecular flexibility index (Phi) is 5.72. The Morgan fingerprint density at radius 2 is 2.11 bits per heavy atom. The number of aryl methyl sites for hydroxylation is 3. The van der Waals surface area contributed by atoms with Crippen LogP contribution in [0.1, 0.15) is 40.0 Å². The zero-order chi connectivity index (χ0) is 20.3. The van der Waals surface area contributed by atoms with E-state index in [1.54, 1.807) is 11.6 Å². The van der Waals surface area contributed by atoms with Gasteiger partial charge in [0, 0.05) is 30.9 Å². The van der Waals surface area contributed by atoms with Crippen LogP contribution in [0.25, 0.3) is 0 Å². The van der Waals surface area contributed by atoms with Crippen LogP contribution >= 0.6 is 0 Å². The lowest BCUT2D eigenvalue weighted by Gasteiger charge is -2.08. The summed E-state index contributed by atoms with van der Waals surface area (Å²) in [5.74, 6) is -1.73. The van der Waals surface area contributed by atoms with Gasteiger partial charge in [0.05, 0.1) is 11.3 Å². The van der Waals surface area contributed by atoms with Crippen molar-refractivity contribution in [2.24, 2.45) is 0 Å². The Morgan fingerprint density at radius 3 is 2.79 bits per heavy atom. The Bertz CT molecular complexity index is 997. The van der Waals surface area contributed by atoms with E-state index in [-0.39, 0.29) is 24.6 Å². The Balaban J connectivity index is 1.69. The van der Waals surface area contributed by atoms with Gasteiger partial charge in [-0.25, -0.2) is 8.78 Å². The molecule has 3 aromatic rings. The number of benzene rings is 1. The number of rotatable bonds is 7. The van der Waals surface area contributed by atoms with Crippen molar-refractivity contribution >= 4 is 5.91 Å². The number of halogens is 2. The molecule has 2 heterocycles. The van der Waals surface area contributed by atoms with E-state index in [4.69, 9.17) is 9.26 Å². The summed E-state index contributed by atoms with van der Waals surface area (Å²) in [5, 5.41) is 10.9. The maximum Gasteiger partial charge on any atom is 0.274 e. The van der Waals surface area contributed by atoms with Crippen molar-refractivity contribution in [3.8, 4) is 5.75 Å². The summed E-state index contributed by atoms with van der Waals surface area (Å²) >= 11 is 0. The SMILES string of the molecule is CCn1cc(CNC(=O)c2noc(C)c2COc2ccc(F)cc2F)c(C)n1. The molecule has 28 heavy (non-hydrogen) atoms. The van der Waals surface area contributed by atoms with Crippen molar-refractivity contribution in [3.63, 3.8) is 0 Å². The van der Waals surface area contributed by atoms with Gasteiger partial charge in [0.15, 0.2) is 17.3 Å². The van der Waals surface area contributed by atoms with E-state index in [9.17, 15) is 13.6 Å². The minimum Gasteiger partial charge on any atom is -0.486 e. The fraction of sp³-hybridized carbons (Fsp3) is 0.316. The molecule has 0 aliphatic heterocycles. The van der Waals surface area contributed by atoms with Gasteiger partial charge in [-0.15, -0.1) is 0 Å². The van der Waals surface area contributed by atoms with Gasteiger partial charge in [0.1, 0.15) is 18.2 Å². The first kappa shape index (κ1) is 19.5. The van der Waals surface area contributed by atoms with Crippen LogP contribution in [-0.4, -0.2) is 20.8 Å². The number of amides is 1. The lowest BCUT2D eigenvalue weighted by atomic mass is 10.2. The van der Waals surface area contributed by atoms with Gasteiger partial charge < -0.3 is 14.6 Å². The van der Waals surface area contributed by atoms with E-state index in [0.717, 1.165) is 29.9 Å². The van der Waals surface area contributed by atoms with Crippen LogP contribution in [0.15, 0.2) is 28.9 Å². The highest BCUT2D eigenvalue weighted by molar-refractivity contribution is 5.93. The molecule has 1 N–H and O–H groups in total. The molecule has 0 saturated heterocycles. The van der Waals surface area contributed by atoms with E-state index < -0.39 is 17.5 Å². The van der Waals surface area contributed by atoms with Crippen molar-refractivity contribution in [1.29, 1.82) is 0 Å². The second-order valence-corrected chi connectivity index (χ2v) is 6.21. The topological polar surface area (TPSA) is 82.2 Å². The molecule has 0 unspecified atom stereocenters. The molecule has 2 aromatic heterocycles. The highest BCUT2D eigenvalue weighted by atomic mass is 19.1. The highest BCUT2D eigenvalue weighted by Gasteiger charge is 2.21. The first-order valence-corrected chi connectivity index (χ1v) is 8.73. The van der Waals surface area contributed by atoms with Crippen LogP contribution in [0, 0.1) is 25.5 Å². The Morgan fingerprint density at radius 1 is 1.32 bits per heavy atom. The molecule has 0 atom stereocenters. The average Bonchev–Trinajstić information content (AvgIpc) is 3.21. The van der Waals surface area contributed by atoms with Crippen molar-refractivity contribution in [2.75, 3.05) is 0 Å². The molecule has 0 spiro atoms. The third kappa shape index (κ3) is 4.19. The van der Waals surface area contributed by atoms with E-state index in [2.05, 4.69) is 15.6 Å². The van der Waals surface area contributed by atoms with E-state index in [1.807, 2.05) is 20.0 Å². The number of aromatic nitrogens is 3. The van der Waals surface area contributed by atoms with Gasteiger partial charge in [-0.05, 0) is 32.9 Å². The van der Waals surface area contributed by atoms with E-state index >= 15 is 0 Å². The molecule has 1 aromatic carbocycles. The molecule has 0 radical (unpaired) electrons. The quantitative estimate of drug-likeness (QED) is 0.669. The molecular weight excluding hydrogens is 370 g/mol. The van der Waals surface area contributed by atoms with Gasteiger partial charge in [-0.3, -0.25) is 9.48 Å². The number of hydrogen-bond acceptors (Lipinski definition) is 5. The largest absolute Gasteiger partial charge is 0.486 e. The summed E-state index contributed by atoms with van der Waals surface area (Å²) in [6.45, 7) is 6.34. The minimum absolute atomic E-state index is 0.0561. The van der Waals surface area contributed by atoms with Crippen LogP contribution in [0.3, 0.4) is 0 Å². The summed E-state index contributed by atoms with van der Waals surface area (Å²) in [6, 6.07) is 2.99. The van der Waals surface area contributed by atoms with Gasteiger partial charge >= 0.3 is 0 Å². The van der Waals surface area contributed by atoms with E-state index in [0.29, 0.717) is 11.3 Å². The third-order valence-corrected chi connectivity index (χ3v) is 4.28. The number of hydrogen-bond donors (Lipinski definition) is 1. The number of carbonyl (C=O) groups is 1. The third-order valence-electron chi connectivity index (χ3n) is 4.28. The fourth-order valence-corrected chi connectivity index (χ4v) is 2.64. The van der Waals surface area contributed by atoms with Crippen LogP contribution in [0.5, 0.6) is 5.75 Å². The molecule has 0 saturated carbocycles. The van der Waals surface area contributed by atoms with E-state index in [1.165, 1.54) is 6.07 Å². The van der Waals surface area contributed by atoms with Crippen LogP contribution < -0.4 is 10.1 Å². The fourth-order valence-electron chi connectivity index (χ4n) is 2.64. The van der Waals surface area contributed by atoms with Crippen molar-refractivity contribution in [2.45, 2.75) is 40.5 Å². The molecule has 1 amide bonds. The second-order valence-electron chi connectivity index (χ2n) is 6.21. The maximum absolute atomic E-state index is 13.7. The molecule has 0 fully saturated rings. The standard InChI is InChI=1S/C19H20F2N4O3/c1-4-25-9-13(11(2)23-25)8-22-19(26)18-15(12(3)28-24-18)10-27-17-6-5-14(20)7-16(17)21/h5-7,9H,4,8,10H2,1-3H3,(H,22,26). The number of nitrogens with zero attached hydrogens (tertiary/aromatic N) is 3. The summed E-state index contributed by atoms with van der Waals surface area (Å²) in [7, 11) is 0.